The van der Waals surface area contributed by atoms with Crippen molar-refractivity contribution >= 4 is 43.3 Å². The van der Waals surface area contributed by atoms with E-state index in [0.717, 1.165) is 21.5 Å². The zero-order valence-corrected chi connectivity index (χ0v) is 15.1. The van der Waals surface area contributed by atoms with Crippen molar-refractivity contribution in [2.75, 3.05) is 18.1 Å². The molecule has 130 valence electrons. The van der Waals surface area contributed by atoms with Crippen molar-refractivity contribution < 1.29 is 13.2 Å². The van der Waals surface area contributed by atoms with Crippen LogP contribution in [0.25, 0.3) is 10.9 Å². The van der Waals surface area contributed by atoms with Gasteiger partial charge in [0.2, 0.25) is 10.0 Å². The van der Waals surface area contributed by atoms with E-state index in [-0.39, 0.29) is 5.91 Å². The lowest BCUT2D eigenvalue weighted by atomic mass is 10.1. The SMILES string of the molecule is CS(=O)(=O)N1CCc2nc(NC(=O)c3ccc4[nH]ccc4c3)sc2C1. The summed E-state index contributed by atoms with van der Waals surface area (Å²) in [6, 6.07) is 7.35. The predicted molar refractivity (Wildman–Crippen MR) is 97.3 cm³/mol. The van der Waals surface area contributed by atoms with E-state index in [2.05, 4.69) is 15.3 Å². The van der Waals surface area contributed by atoms with Gasteiger partial charge in [0.1, 0.15) is 0 Å². The van der Waals surface area contributed by atoms with Crippen LogP contribution in [-0.4, -0.2) is 41.4 Å². The molecule has 0 fully saturated rings. The number of aromatic nitrogens is 2. The van der Waals surface area contributed by atoms with Crippen molar-refractivity contribution in [1.29, 1.82) is 0 Å². The van der Waals surface area contributed by atoms with Gasteiger partial charge in [-0.05, 0) is 24.3 Å². The second-order valence-corrected chi connectivity index (χ2v) is 9.04. The Morgan fingerprint density at radius 3 is 3.00 bits per heavy atom. The van der Waals surface area contributed by atoms with Crippen LogP contribution < -0.4 is 5.32 Å². The maximum atomic E-state index is 12.5. The molecule has 1 amide bonds. The summed E-state index contributed by atoms with van der Waals surface area (Å²) in [6.07, 6.45) is 3.59. The number of nitrogens with zero attached hydrogens (tertiary/aromatic N) is 2. The molecule has 0 saturated heterocycles. The zero-order chi connectivity index (χ0) is 17.6. The molecule has 0 spiro atoms. The number of anilines is 1. The lowest BCUT2D eigenvalue weighted by Gasteiger charge is -2.23. The summed E-state index contributed by atoms with van der Waals surface area (Å²) in [4.78, 5) is 20.9. The molecule has 0 atom stereocenters. The standard InChI is InChI=1S/C16H16N4O3S2/c1-25(22,23)20-7-5-13-14(9-20)24-16(18-13)19-15(21)11-2-3-12-10(8-11)4-6-17-12/h2-4,6,8,17H,5,7,9H2,1H3,(H,18,19,21). The smallest absolute Gasteiger partial charge is 0.257 e. The molecule has 7 nitrogen and oxygen atoms in total. The molecule has 1 aliphatic heterocycles. The Hall–Kier alpha value is -2.23. The summed E-state index contributed by atoms with van der Waals surface area (Å²) >= 11 is 1.33. The van der Waals surface area contributed by atoms with Gasteiger partial charge in [-0.25, -0.2) is 13.4 Å². The Balaban J connectivity index is 1.54. The van der Waals surface area contributed by atoms with Crippen molar-refractivity contribution in [1.82, 2.24) is 14.3 Å². The molecule has 3 heterocycles. The van der Waals surface area contributed by atoms with Gasteiger partial charge in [-0.3, -0.25) is 10.1 Å². The first-order chi connectivity index (χ1) is 11.9. The van der Waals surface area contributed by atoms with Crippen molar-refractivity contribution in [2.45, 2.75) is 13.0 Å². The number of nitrogens with one attached hydrogen (secondary N) is 2. The lowest BCUT2D eigenvalue weighted by Crippen LogP contribution is -2.34. The largest absolute Gasteiger partial charge is 0.361 e. The summed E-state index contributed by atoms with van der Waals surface area (Å²) in [7, 11) is -3.22. The summed E-state index contributed by atoms with van der Waals surface area (Å²) < 4.78 is 24.8. The number of thiazole rings is 1. The number of hydrogen-bond acceptors (Lipinski definition) is 5. The Morgan fingerprint density at radius 2 is 2.20 bits per heavy atom. The molecule has 0 bridgehead atoms. The van der Waals surface area contributed by atoms with Crippen LogP contribution in [0.3, 0.4) is 0 Å². The zero-order valence-electron chi connectivity index (χ0n) is 13.4. The quantitative estimate of drug-likeness (QED) is 0.732. The van der Waals surface area contributed by atoms with Crippen molar-refractivity contribution in [2.24, 2.45) is 0 Å². The molecular weight excluding hydrogens is 360 g/mol. The molecule has 0 unspecified atom stereocenters. The van der Waals surface area contributed by atoms with Crippen molar-refractivity contribution in [3.8, 4) is 0 Å². The van der Waals surface area contributed by atoms with E-state index in [1.54, 1.807) is 6.07 Å². The van der Waals surface area contributed by atoms with Crippen LogP contribution in [0.1, 0.15) is 20.9 Å². The van der Waals surface area contributed by atoms with Crippen LogP contribution in [0.4, 0.5) is 5.13 Å². The Morgan fingerprint density at radius 1 is 1.36 bits per heavy atom. The first-order valence-electron chi connectivity index (χ1n) is 7.72. The maximum absolute atomic E-state index is 12.5. The van der Waals surface area contributed by atoms with Crippen LogP contribution in [0.5, 0.6) is 0 Å². The summed E-state index contributed by atoms with van der Waals surface area (Å²) in [5.74, 6) is -0.228. The van der Waals surface area contributed by atoms with Crippen molar-refractivity contribution in [3.63, 3.8) is 0 Å². The highest BCUT2D eigenvalue weighted by molar-refractivity contribution is 7.88. The minimum Gasteiger partial charge on any atom is -0.361 e. The fourth-order valence-corrected chi connectivity index (χ4v) is 4.76. The van der Waals surface area contributed by atoms with Gasteiger partial charge < -0.3 is 4.98 Å². The highest BCUT2D eigenvalue weighted by atomic mass is 32.2. The summed E-state index contributed by atoms with van der Waals surface area (Å²) in [5, 5.41) is 4.28. The molecular formula is C16H16N4O3S2. The molecule has 25 heavy (non-hydrogen) atoms. The van der Waals surface area contributed by atoms with Gasteiger partial charge in [-0.15, -0.1) is 11.3 Å². The van der Waals surface area contributed by atoms with Crippen molar-refractivity contribution in [3.05, 3.63) is 46.6 Å². The predicted octanol–water partition coefficient (Wildman–Crippen LogP) is 2.19. The Bertz CT molecular complexity index is 1070. The monoisotopic (exact) mass is 376 g/mol. The number of H-pyrrole nitrogens is 1. The van der Waals surface area contributed by atoms with Gasteiger partial charge in [0, 0.05) is 47.1 Å². The van der Waals surface area contributed by atoms with Crippen LogP contribution >= 0.6 is 11.3 Å². The Labute approximate surface area is 148 Å². The van der Waals surface area contributed by atoms with Crippen LogP contribution in [0.2, 0.25) is 0 Å². The average molecular weight is 376 g/mol. The van der Waals surface area contributed by atoms with E-state index in [0.29, 0.717) is 30.2 Å². The highest BCUT2D eigenvalue weighted by Gasteiger charge is 2.26. The second kappa shape index (κ2) is 5.94. The average Bonchev–Trinajstić information content (AvgIpc) is 3.18. The van der Waals surface area contributed by atoms with E-state index in [1.165, 1.54) is 21.9 Å². The third-order valence-electron chi connectivity index (χ3n) is 4.20. The molecule has 0 saturated carbocycles. The maximum Gasteiger partial charge on any atom is 0.257 e. The molecule has 0 aliphatic carbocycles. The number of aromatic amines is 1. The van der Waals surface area contributed by atoms with Gasteiger partial charge in [0.15, 0.2) is 5.13 Å². The second-order valence-electron chi connectivity index (χ2n) is 5.97. The summed E-state index contributed by atoms with van der Waals surface area (Å²) in [6.45, 7) is 0.740. The van der Waals surface area contributed by atoms with Gasteiger partial charge >= 0.3 is 0 Å². The summed E-state index contributed by atoms with van der Waals surface area (Å²) in [5.41, 5.74) is 2.39. The highest BCUT2D eigenvalue weighted by Crippen LogP contribution is 2.29. The van der Waals surface area contributed by atoms with Crippen LogP contribution in [-0.2, 0) is 23.0 Å². The molecule has 2 aromatic heterocycles. The third-order valence-corrected chi connectivity index (χ3v) is 6.45. The van der Waals surface area contributed by atoms with Crippen LogP contribution in [0, 0.1) is 0 Å². The minimum absolute atomic E-state index is 0.228. The van der Waals surface area contributed by atoms with Crippen LogP contribution in [0.15, 0.2) is 30.5 Å². The number of benzene rings is 1. The van der Waals surface area contributed by atoms with E-state index in [9.17, 15) is 13.2 Å². The van der Waals surface area contributed by atoms with E-state index < -0.39 is 10.0 Å². The number of fused-ring (bicyclic) bond motifs is 2. The normalized spacial score (nSPS) is 15.2. The minimum atomic E-state index is -3.22. The molecule has 9 heteroatoms. The van der Waals surface area contributed by atoms with Gasteiger partial charge in [0.25, 0.3) is 5.91 Å². The first kappa shape index (κ1) is 16.2. The topological polar surface area (TPSA) is 95.2 Å². The van der Waals surface area contributed by atoms with E-state index in [1.807, 2.05) is 24.4 Å². The number of carbonyl (C=O) groups is 1. The van der Waals surface area contributed by atoms with Gasteiger partial charge in [-0.2, -0.15) is 4.31 Å². The van der Waals surface area contributed by atoms with E-state index >= 15 is 0 Å². The first-order valence-corrected chi connectivity index (χ1v) is 10.4. The molecule has 2 N–H and O–H groups in total. The number of hydrogen-bond donors (Lipinski definition) is 2. The number of rotatable bonds is 3. The lowest BCUT2D eigenvalue weighted by molar-refractivity contribution is 0.102. The number of amides is 1. The molecule has 3 aromatic rings. The molecule has 1 aromatic carbocycles. The third kappa shape index (κ3) is 3.17. The molecule has 4 rings (SSSR count). The fraction of sp³-hybridized carbons (Fsp3) is 0.250. The Kier molecular flexibility index (Phi) is 3.86. The number of sulfonamides is 1. The fourth-order valence-electron chi connectivity index (χ4n) is 2.87. The number of carbonyl (C=O) groups excluding carboxylic acids is 1. The molecule has 0 radical (unpaired) electrons. The van der Waals surface area contributed by atoms with E-state index in [4.69, 9.17) is 0 Å². The molecule has 1 aliphatic rings. The van der Waals surface area contributed by atoms with Gasteiger partial charge in [0.05, 0.1) is 11.9 Å². The van der Waals surface area contributed by atoms with Gasteiger partial charge in [-0.1, -0.05) is 0 Å².